The first-order valence-electron chi connectivity index (χ1n) is 8.34. The Bertz CT molecular complexity index is 754. The van der Waals surface area contributed by atoms with Crippen LogP contribution in [0.4, 0.5) is 4.39 Å². The third kappa shape index (κ3) is 4.93. The molecule has 0 saturated carbocycles. The van der Waals surface area contributed by atoms with E-state index < -0.39 is 0 Å². The average molecular weight is 359 g/mol. The maximum Gasteiger partial charge on any atom is 0.147 e. The molecule has 25 heavy (non-hydrogen) atoms. The molecular formula is C20H20ClFN2O. The molecule has 1 aliphatic rings. The van der Waals surface area contributed by atoms with Gasteiger partial charge in [-0.15, -0.1) is 0 Å². The fraction of sp³-hybridized carbons (Fsp3) is 0.300. The first kappa shape index (κ1) is 17.7. The van der Waals surface area contributed by atoms with E-state index in [1.165, 1.54) is 17.7 Å². The average Bonchev–Trinajstić information content (AvgIpc) is 2.64. The van der Waals surface area contributed by atoms with Crippen LogP contribution in [0.1, 0.15) is 11.1 Å². The molecule has 0 radical (unpaired) electrons. The maximum absolute atomic E-state index is 13.0. The van der Waals surface area contributed by atoms with Crippen LogP contribution in [0.25, 0.3) is 0 Å². The van der Waals surface area contributed by atoms with Crippen molar-refractivity contribution < 1.29 is 9.18 Å². The molecule has 1 saturated heterocycles. The summed E-state index contributed by atoms with van der Waals surface area (Å²) >= 11 is 5.91. The predicted octanol–water partition coefficient (Wildman–Crippen LogP) is 3.55. The van der Waals surface area contributed by atoms with Crippen LogP contribution in [-0.4, -0.2) is 41.9 Å². The Morgan fingerprint density at radius 2 is 1.68 bits per heavy atom. The lowest BCUT2D eigenvalue weighted by atomic mass is 10.1. The molecule has 0 aliphatic carbocycles. The predicted molar refractivity (Wildman–Crippen MR) is 97.6 cm³/mol. The van der Waals surface area contributed by atoms with Crippen LogP contribution in [0.2, 0.25) is 5.02 Å². The highest BCUT2D eigenvalue weighted by Gasteiger charge is 2.21. The molecule has 0 aromatic heterocycles. The molecule has 0 spiro atoms. The van der Waals surface area contributed by atoms with Gasteiger partial charge in [0.05, 0.1) is 0 Å². The minimum atomic E-state index is -0.232. The maximum atomic E-state index is 13.0. The van der Waals surface area contributed by atoms with Crippen molar-refractivity contribution >= 4 is 17.5 Å². The van der Waals surface area contributed by atoms with Crippen LogP contribution in [0.5, 0.6) is 0 Å². The second-order valence-corrected chi connectivity index (χ2v) is 6.69. The van der Waals surface area contributed by atoms with Crippen LogP contribution in [0, 0.1) is 5.82 Å². The Balaban J connectivity index is 1.55. The molecule has 0 unspecified atom stereocenters. The molecule has 2 aromatic rings. The second-order valence-electron chi connectivity index (χ2n) is 6.25. The van der Waals surface area contributed by atoms with Crippen molar-refractivity contribution in [1.82, 2.24) is 9.80 Å². The number of hydrogen-bond acceptors (Lipinski definition) is 3. The molecule has 0 bridgehead atoms. The summed E-state index contributed by atoms with van der Waals surface area (Å²) in [6.45, 7) is 3.72. The van der Waals surface area contributed by atoms with Gasteiger partial charge in [-0.3, -0.25) is 4.90 Å². The first-order chi connectivity index (χ1) is 12.1. The topological polar surface area (TPSA) is 23.6 Å². The van der Waals surface area contributed by atoms with Crippen molar-refractivity contribution in [2.24, 2.45) is 0 Å². The molecule has 1 aliphatic heterocycles. The number of hydrogen-bond donors (Lipinski definition) is 0. The van der Waals surface area contributed by atoms with E-state index in [1.54, 1.807) is 12.1 Å². The van der Waals surface area contributed by atoms with Gasteiger partial charge in [0.2, 0.25) is 0 Å². The van der Waals surface area contributed by atoms with Gasteiger partial charge in [0, 0.05) is 37.7 Å². The van der Waals surface area contributed by atoms with Gasteiger partial charge in [-0.25, -0.2) is 9.18 Å². The van der Waals surface area contributed by atoms with E-state index in [4.69, 9.17) is 11.6 Å². The smallest absolute Gasteiger partial charge is 0.147 e. The van der Waals surface area contributed by atoms with Gasteiger partial charge in [-0.2, -0.15) is 0 Å². The molecule has 2 aromatic carbocycles. The van der Waals surface area contributed by atoms with Crippen LogP contribution in [0.3, 0.4) is 0 Å². The summed E-state index contributed by atoms with van der Waals surface area (Å²) in [7, 11) is 0. The molecule has 0 atom stereocenters. The highest BCUT2D eigenvalue weighted by Crippen LogP contribution is 2.16. The lowest BCUT2D eigenvalue weighted by Crippen LogP contribution is -2.45. The van der Waals surface area contributed by atoms with E-state index in [9.17, 15) is 9.18 Å². The Morgan fingerprint density at radius 3 is 2.36 bits per heavy atom. The zero-order valence-electron chi connectivity index (χ0n) is 13.9. The Morgan fingerprint density at radius 1 is 1.00 bits per heavy atom. The lowest BCUT2D eigenvalue weighted by molar-refractivity contribution is 0.173. The van der Waals surface area contributed by atoms with Crippen molar-refractivity contribution in [3.63, 3.8) is 0 Å². The standard InChI is InChI=1S/C20H20ClFN2O/c21-18-5-1-16(2-6-18)9-10-24-12-11-23(14-20(24)15-25)13-17-3-7-19(22)8-4-17/h1-8H,9-14H2. The molecule has 1 fully saturated rings. The summed E-state index contributed by atoms with van der Waals surface area (Å²) in [5, 5.41) is 0.728. The molecular weight excluding hydrogens is 339 g/mol. The zero-order valence-corrected chi connectivity index (χ0v) is 14.7. The molecule has 3 rings (SSSR count). The van der Waals surface area contributed by atoms with E-state index in [-0.39, 0.29) is 5.82 Å². The third-order valence-electron chi connectivity index (χ3n) is 4.46. The zero-order chi connectivity index (χ0) is 17.6. The minimum absolute atomic E-state index is 0.232. The van der Waals surface area contributed by atoms with Crippen molar-refractivity contribution in [3.8, 4) is 0 Å². The van der Waals surface area contributed by atoms with Crippen LogP contribution in [0.15, 0.2) is 54.2 Å². The van der Waals surface area contributed by atoms with Gasteiger partial charge in [-0.05, 0) is 41.8 Å². The third-order valence-corrected chi connectivity index (χ3v) is 4.71. The summed E-state index contributed by atoms with van der Waals surface area (Å²) in [6.07, 6.45) is 0.861. The Hall–Kier alpha value is -2.13. The van der Waals surface area contributed by atoms with Gasteiger partial charge in [0.25, 0.3) is 0 Å². The van der Waals surface area contributed by atoms with Crippen molar-refractivity contribution in [1.29, 1.82) is 0 Å². The molecule has 1 heterocycles. The summed E-state index contributed by atoms with van der Waals surface area (Å²) in [4.78, 5) is 15.7. The van der Waals surface area contributed by atoms with Crippen molar-refractivity contribution in [2.75, 3.05) is 26.2 Å². The van der Waals surface area contributed by atoms with E-state index in [1.807, 2.05) is 24.3 Å². The number of benzene rings is 2. The summed E-state index contributed by atoms with van der Waals surface area (Å²) < 4.78 is 13.0. The van der Waals surface area contributed by atoms with E-state index in [0.717, 1.165) is 36.6 Å². The number of rotatable bonds is 5. The van der Waals surface area contributed by atoms with E-state index in [2.05, 4.69) is 15.7 Å². The van der Waals surface area contributed by atoms with Crippen LogP contribution >= 0.6 is 11.6 Å². The first-order valence-corrected chi connectivity index (χ1v) is 8.72. The number of piperazine rings is 1. The van der Waals surface area contributed by atoms with Gasteiger partial charge < -0.3 is 4.90 Å². The molecule has 130 valence electrons. The molecule has 0 N–H and O–H groups in total. The van der Waals surface area contributed by atoms with E-state index >= 15 is 0 Å². The second kappa shape index (κ2) is 8.30. The molecule has 5 heteroatoms. The van der Waals surface area contributed by atoms with Crippen molar-refractivity contribution in [3.05, 3.63) is 76.2 Å². The quantitative estimate of drug-likeness (QED) is 0.764. The van der Waals surface area contributed by atoms with Gasteiger partial charge >= 0.3 is 0 Å². The van der Waals surface area contributed by atoms with Crippen LogP contribution in [-0.2, 0) is 17.8 Å². The van der Waals surface area contributed by atoms with Gasteiger partial charge in [0.15, 0.2) is 0 Å². The highest BCUT2D eigenvalue weighted by molar-refractivity contribution is 6.30. The summed E-state index contributed by atoms with van der Waals surface area (Å²) in [5.41, 5.74) is 2.92. The molecule has 3 nitrogen and oxygen atoms in total. The highest BCUT2D eigenvalue weighted by atomic mass is 35.5. The van der Waals surface area contributed by atoms with Gasteiger partial charge in [0.1, 0.15) is 17.5 Å². The Labute approximate surface area is 152 Å². The largest absolute Gasteiger partial charge is 0.363 e. The van der Waals surface area contributed by atoms with E-state index in [0.29, 0.717) is 18.8 Å². The SMILES string of the molecule is O=C=C1CN(Cc2ccc(F)cc2)CCN1CCc1ccc(Cl)cc1. The Kier molecular flexibility index (Phi) is 5.87. The summed E-state index contributed by atoms with van der Waals surface area (Å²) in [6, 6.07) is 14.3. The normalized spacial score (nSPS) is 15.3. The number of carbonyl (C=O) groups excluding carboxylic acids is 1. The fourth-order valence-electron chi connectivity index (χ4n) is 3.03. The fourth-order valence-corrected chi connectivity index (χ4v) is 3.16. The monoisotopic (exact) mass is 358 g/mol. The molecule has 0 amide bonds. The van der Waals surface area contributed by atoms with Crippen LogP contribution < -0.4 is 0 Å². The minimum Gasteiger partial charge on any atom is -0.363 e. The van der Waals surface area contributed by atoms with Crippen molar-refractivity contribution in [2.45, 2.75) is 13.0 Å². The van der Waals surface area contributed by atoms with Gasteiger partial charge in [-0.1, -0.05) is 35.9 Å². The lowest BCUT2D eigenvalue weighted by Gasteiger charge is -2.36. The number of halogens is 2. The number of nitrogens with zero attached hydrogens (tertiary/aromatic N) is 2. The summed E-state index contributed by atoms with van der Waals surface area (Å²) in [5.74, 6) is 1.86.